The number of phenolic OH excluding ortho intramolecular Hbond substituents is 1. The molecule has 35 heavy (non-hydrogen) atoms. The predicted octanol–water partition coefficient (Wildman–Crippen LogP) is 4.62. The van der Waals surface area contributed by atoms with Crippen LogP contribution in [-0.4, -0.2) is 31.4 Å². The van der Waals surface area contributed by atoms with Crippen molar-refractivity contribution in [3.05, 3.63) is 89.6 Å². The predicted molar refractivity (Wildman–Crippen MR) is 129 cm³/mol. The molecule has 5 rings (SSSR count). The number of aryl methyl sites for hydroxylation is 1. The molecular formula is C26H24FN5O3. The monoisotopic (exact) mass is 473 g/mol. The SMILES string of the molecule is Cn1cccc1C(=O)Nc1ccc(-c2cc(C3CC3)n(C(=O)NCc3ccc(F)cc3)n2)c(O)c1. The zero-order valence-electron chi connectivity index (χ0n) is 19.0. The Labute approximate surface area is 201 Å². The summed E-state index contributed by atoms with van der Waals surface area (Å²) in [6.07, 6.45) is 3.71. The molecule has 1 aliphatic carbocycles. The van der Waals surface area contributed by atoms with Crippen LogP contribution in [0.5, 0.6) is 5.75 Å². The number of nitrogens with zero attached hydrogens (tertiary/aromatic N) is 3. The van der Waals surface area contributed by atoms with Crippen LogP contribution in [0.3, 0.4) is 0 Å². The lowest BCUT2D eigenvalue weighted by Gasteiger charge is -2.09. The van der Waals surface area contributed by atoms with E-state index in [1.807, 2.05) is 6.07 Å². The number of halogens is 1. The summed E-state index contributed by atoms with van der Waals surface area (Å²) in [6.45, 7) is 0.235. The molecule has 2 amide bonds. The summed E-state index contributed by atoms with van der Waals surface area (Å²) in [4.78, 5) is 25.3. The highest BCUT2D eigenvalue weighted by molar-refractivity contribution is 6.03. The lowest BCUT2D eigenvalue weighted by Crippen LogP contribution is -2.30. The molecule has 1 fully saturated rings. The maximum atomic E-state index is 13.1. The van der Waals surface area contributed by atoms with Gasteiger partial charge in [-0.15, -0.1) is 0 Å². The van der Waals surface area contributed by atoms with E-state index in [4.69, 9.17) is 0 Å². The molecule has 0 unspecified atom stereocenters. The molecule has 0 saturated heterocycles. The number of amides is 2. The van der Waals surface area contributed by atoms with E-state index in [0.29, 0.717) is 22.6 Å². The molecule has 0 bridgehead atoms. The van der Waals surface area contributed by atoms with Crippen LogP contribution in [0.15, 0.2) is 66.9 Å². The summed E-state index contributed by atoms with van der Waals surface area (Å²) in [5, 5.41) is 20.7. The van der Waals surface area contributed by atoms with Gasteiger partial charge in [-0.3, -0.25) is 4.79 Å². The number of phenols is 1. The first kappa shape index (κ1) is 22.4. The molecule has 0 spiro atoms. The molecule has 1 aliphatic rings. The number of carbonyl (C=O) groups is 2. The van der Waals surface area contributed by atoms with Crippen molar-refractivity contribution in [1.29, 1.82) is 0 Å². The Balaban J connectivity index is 1.34. The van der Waals surface area contributed by atoms with Gasteiger partial charge >= 0.3 is 6.03 Å². The topological polar surface area (TPSA) is 101 Å². The number of carbonyl (C=O) groups excluding carboxylic acids is 2. The number of hydrogen-bond donors (Lipinski definition) is 3. The Hall–Kier alpha value is -4.40. The molecule has 0 aliphatic heterocycles. The van der Waals surface area contributed by atoms with Crippen LogP contribution in [0.25, 0.3) is 11.3 Å². The van der Waals surface area contributed by atoms with Crippen molar-refractivity contribution < 1.29 is 19.1 Å². The second kappa shape index (κ2) is 9.09. The van der Waals surface area contributed by atoms with Crippen molar-refractivity contribution in [2.45, 2.75) is 25.3 Å². The zero-order valence-corrected chi connectivity index (χ0v) is 19.0. The van der Waals surface area contributed by atoms with Crippen molar-refractivity contribution in [2.24, 2.45) is 7.05 Å². The molecule has 2 heterocycles. The van der Waals surface area contributed by atoms with Crippen LogP contribution in [0, 0.1) is 5.82 Å². The molecular weight excluding hydrogens is 449 g/mol. The van der Waals surface area contributed by atoms with Crippen molar-refractivity contribution in [1.82, 2.24) is 19.7 Å². The van der Waals surface area contributed by atoms with Crippen LogP contribution in [0.4, 0.5) is 14.9 Å². The van der Waals surface area contributed by atoms with E-state index in [-0.39, 0.29) is 29.9 Å². The van der Waals surface area contributed by atoms with Gasteiger partial charge in [0.25, 0.3) is 5.91 Å². The van der Waals surface area contributed by atoms with Crippen LogP contribution >= 0.6 is 0 Å². The van der Waals surface area contributed by atoms with E-state index >= 15 is 0 Å². The fourth-order valence-electron chi connectivity index (χ4n) is 3.93. The minimum atomic E-state index is -0.395. The van der Waals surface area contributed by atoms with Gasteiger partial charge in [0.05, 0.1) is 11.4 Å². The van der Waals surface area contributed by atoms with Crippen molar-refractivity contribution in [2.75, 3.05) is 5.32 Å². The molecule has 2 aromatic carbocycles. The fraction of sp³-hybridized carbons (Fsp3) is 0.192. The number of hydrogen-bond acceptors (Lipinski definition) is 4. The second-order valence-corrected chi connectivity index (χ2v) is 8.62. The van der Waals surface area contributed by atoms with Gasteiger partial charge in [0.15, 0.2) is 0 Å². The summed E-state index contributed by atoms with van der Waals surface area (Å²) in [5.74, 6) is -0.451. The number of nitrogens with one attached hydrogen (secondary N) is 2. The smallest absolute Gasteiger partial charge is 0.342 e. The number of anilines is 1. The van der Waals surface area contributed by atoms with Gasteiger partial charge in [-0.05, 0) is 60.9 Å². The largest absolute Gasteiger partial charge is 0.507 e. The minimum Gasteiger partial charge on any atom is -0.507 e. The van der Waals surface area contributed by atoms with Gasteiger partial charge in [-0.25, -0.2) is 9.18 Å². The Kier molecular flexibility index (Phi) is 5.82. The third kappa shape index (κ3) is 4.79. The highest BCUT2D eigenvalue weighted by Crippen LogP contribution is 2.42. The van der Waals surface area contributed by atoms with E-state index in [9.17, 15) is 19.1 Å². The molecule has 4 aromatic rings. The minimum absolute atomic E-state index is 0.0617. The molecule has 178 valence electrons. The van der Waals surface area contributed by atoms with E-state index in [1.54, 1.807) is 54.2 Å². The molecule has 3 N–H and O–H groups in total. The van der Waals surface area contributed by atoms with Crippen LogP contribution in [0.2, 0.25) is 0 Å². The summed E-state index contributed by atoms with van der Waals surface area (Å²) in [6, 6.07) is 15.6. The third-order valence-electron chi connectivity index (χ3n) is 5.99. The third-order valence-corrected chi connectivity index (χ3v) is 5.99. The number of aromatic nitrogens is 3. The lowest BCUT2D eigenvalue weighted by molar-refractivity contribution is 0.101. The Bertz CT molecular complexity index is 1400. The molecule has 8 nitrogen and oxygen atoms in total. The summed E-state index contributed by atoms with van der Waals surface area (Å²) >= 11 is 0. The van der Waals surface area contributed by atoms with Crippen molar-refractivity contribution in [3.63, 3.8) is 0 Å². The van der Waals surface area contributed by atoms with Gasteiger partial charge in [0.1, 0.15) is 17.3 Å². The Morgan fingerprint density at radius 2 is 1.89 bits per heavy atom. The van der Waals surface area contributed by atoms with Crippen molar-refractivity contribution >= 4 is 17.6 Å². The quantitative estimate of drug-likeness (QED) is 0.380. The maximum absolute atomic E-state index is 13.1. The number of aromatic hydroxyl groups is 1. The first-order valence-electron chi connectivity index (χ1n) is 11.3. The Morgan fingerprint density at radius 3 is 2.54 bits per heavy atom. The summed E-state index contributed by atoms with van der Waals surface area (Å²) in [7, 11) is 1.78. The van der Waals surface area contributed by atoms with E-state index in [0.717, 1.165) is 24.1 Å². The van der Waals surface area contributed by atoms with Crippen molar-refractivity contribution in [3.8, 4) is 17.0 Å². The number of rotatable bonds is 6. The molecule has 2 aromatic heterocycles. The molecule has 9 heteroatoms. The standard InChI is InChI=1S/C26H24FN5O3/c1-31-12-2-3-22(31)25(34)29-19-10-11-20(24(33)13-19)21-14-23(17-6-7-17)32(30-21)26(35)28-15-16-4-8-18(27)9-5-16/h2-5,8-14,17,33H,6-7,15H2,1H3,(H,28,35)(H,29,34). The number of benzene rings is 2. The van der Waals surface area contributed by atoms with E-state index < -0.39 is 6.03 Å². The van der Waals surface area contributed by atoms with Gasteiger partial charge in [-0.2, -0.15) is 9.78 Å². The molecule has 0 radical (unpaired) electrons. The average molecular weight is 474 g/mol. The summed E-state index contributed by atoms with van der Waals surface area (Å²) in [5.41, 5.74) is 3.39. The Morgan fingerprint density at radius 1 is 1.11 bits per heavy atom. The summed E-state index contributed by atoms with van der Waals surface area (Å²) < 4.78 is 16.2. The maximum Gasteiger partial charge on any atom is 0.342 e. The van der Waals surface area contributed by atoms with Crippen LogP contribution < -0.4 is 10.6 Å². The van der Waals surface area contributed by atoms with E-state index in [1.165, 1.54) is 22.9 Å². The van der Waals surface area contributed by atoms with Crippen LogP contribution in [-0.2, 0) is 13.6 Å². The van der Waals surface area contributed by atoms with Gasteiger partial charge < -0.3 is 20.3 Å². The molecule has 1 saturated carbocycles. The highest BCUT2D eigenvalue weighted by atomic mass is 19.1. The van der Waals surface area contributed by atoms with Gasteiger partial charge in [-0.1, -0.05) is 12.1 Å². The zero-order chi connectivity index (χ0) is 24.5. The first-order chi connectivity index (χ1) is 16.9. The highest BCUT2D eigenvalue weighted by Gasteiger charge is 2.30. The second-order valence-electron chi connectivity index (χ2n) is 8.62. The normalized spacial score (nSPS) is 13.0. The van der Waals surface area contributed by atoms with E-state index in [2.05, 4.69) is 15.7 Å². The fourth-order valence-corrected chi connectivity index (χ4v) is 3.93. The average Bonchev–Trinajstić information content (AvgIpc) is 3.44. The van der Waals surface area contributed by atoms with Gasteiger partial charge in [0.2, 0.25) is 0 Å². The lowest BCUT2D eigenvalue weighted by atomic mass is 10.1. The first-order valence-corrected chi connectivity index (χ1v) is 11.3. The molecule has 0 atom stereocenters. The van der Waals surface area contributed by atoms with Gasteiger partial charge in [0, 0.05) is 43.0 Å². The van der Waals surface area contributed by atoms with Crippen LogP contribution in [0.1, 0.15) is 40.5 Å².